The summed E-state index contributed by atoms with van der Waals surface area (Å²) in [5.41, 5.74) is 1.39. The highest BCUT2D eigenvalue weighted by atomic mass is 16.2. The van der Waals surface area contributed by atoms with Crippen molar-refractivity contribution < 1.29 is 9.59 Å². The van der Waals surface area contributed by atoms with Crippen molar-refractivity contribution in [3.8, 4) is 0 Å². The van der Waals surface area contributed by atoms with Gasteiger partial charge < -0.3 is 14.4 Å². The number of rotatable bonds is 4. The van der Waals surface area contributed by atoms with Crippen LogP contribution in [0.2, 0.25) is 0 Å². The highest BCUT2D eigenvalue weighted by molar-refractivity contribution is 5.98. The van der Waals surface area contributed by atoms with E-state index in [0.717, 1.165) is 12.1 Å². The number of likely N-dealkylation sites (N-methyl/N-ethyl adjacent to an activating group) is 1. The number of carbonyl (C=O) groups is 2. The van der Waals surface area contributed by atoms with Crippen molar-refractivity contribution in [2.45, 2.75) is 65.6 Å². The maximum atomic E-state index is 13.2. The molecule has 2 aromatic heterocycles. The summed E-state index contributed by atoms with van der Waals surface area (Å²) in [7, 11) is 3.35. The molecule has 2 aromatic rings. The second-order valence-corrected chi connectivity index (χ2v) is 8.75. The molecule has 3 heterocycles. The summed E-state index contributed by atoms with van der Waals surface area (Å²) in [5, 5.41) is 4.52. The Hall–Kier alpha value is -2.64. The van der Waals surface area contributed by atoms with Crippen molar-refractivity contribution in [2.24, 2.45) is 0 Å². The van der Waals surface area contributed by atoms with E-state index in [2.05, 4.69) is 5.10 Å². The van der Waals surface area contributed by atoms with E-state index in [1.54, 1.807) is 23.6 Å². The molecule has 8 heteroatoms. The number of amides is 2. The minimum atomic E-state index is -0.284. The van der Waals surface area contributed by atoms with Gasteiger partial charge in [-0.25, -0.2) is 0 Å². The fourth-order valence-corrected chi connectivity index (χ4v) is 3.36. The van der Waals surface area contributed by atoms with E-state index < -0.39 is 0 Å². The molecule has 8 nitrogen and oxygen atoms in total. The van der Waals surface area contributed by atoms with Crippen LogP contribution in [0, 0.1) is 0 Å². The fourth-order valence-electron chi connectivity index (χ4n) is 3.36. The van der Waals surface area contributed by atoms with Crippen LogP contribution in [-0.4, -0.2) is 55.9 Å². The van der Waals surface area contributed by atoms with Crippen LogP contribution in [0.4, 0.5) is 0 Å². The molecular weight excluding hydrogens is 358 g/mol. The Morgan fingerprint density at radius 1 is 1.29 bits per heavy atom. The van der Waals surface area contributed by atoms with E-state index in [4.69, 9.17) is 0 Å². The van der Waals surface area contributed by atoms with Gasteiger partial charge in [0.2, 0.25) is 5.91 Å². The SMILES string of the molecule is CCC(C)N1Cc2c(n(CC(=O)N(C)C)c3cc(C(C)(C)C)nn3c2=O)C1=O. The number of hydrogen-bond donors (Lipinski definition) is 0. The lowest BCUT2D eigenvalue weighted by Crippen LogP contribution is -2.34. The highest BCUT2D eigenvalue weighted by Gasteiger charge is 2.37. The maximum absolute atomic E-state index is 13.2. The van der Waals surface area contributed by atoms with E-state index >= 15 is 0 Å². The lowest BCUT2D eigenvalue weighted by Gasteiger charge is -2.22. The van der Waals surface area contributed by atoms with Crippen LogP contribution in [0.5, 0.6) is 0 Å². The molecular formula is C20H29N5O3. The third-order valence-electron chi connectivity index (χ3n) is 5.45. The van der Waals surface area contributed by atoms with Gasteiger partial charge >= 0.3 is 0 Å². The third kappa shape index (κ3) is 3.10. The molecule has 0 aliphatic carbocycles. The lowest BCUT2D eigenvalue weighted by atomic mass is 9.93. The first-order valence-corrected chi connectivity index (χ1v) is 9.64. The van der Waals surface area contributed by atoms with Crippen LogP contribution < -0.4 is 5.56 Å². The summed E-state index contributed by atoms with van der Waals surface area (Å²) < 4.78 is 3.00. The van der Waals surface area contributed by atoms with Crippen molar-refractivity contribution in [1.29, 1.82) is 0 Å². The Kier molecular flexibility index (Phi) is 4.85. The fraction of sp³-hybridized carbons (Fsp3) is 0.600. The molecule has 0 N–H and O–H groups in total. The predicted octanol–water partition coefficient (Wildman–Crippen LogP) is 1.64. The topological polar surface area (TPSA) is 79.9 Å². The Labute approximate surface area is 164 Å². The van der Waals surface area contributed by atoms with Gasteiger partial charge in [-0.05, 0) is 13.3 Å². The second kappa shape index (κ2) is 6.76. The molecule has 1 aliphatic heterocycles. The first-order valence-electron chi connectivity index (χ1n) is 9.64. The molecule has 28 heavy (non-hydrogen) atoms. The molecule has 0 saturated carbocycles. The summed E-state index contributed by atoms with van der Waals surface area (Å²) in [6.07, 6.45) is 0.788. The van der Waals surface area contributed by atoms with Crippen molar-refractivity contribution >= 4 is 17.5 Å². The standard InChI is InChI=1S/C20H29N5O3/c1-8-12(2)23-10-13-17(19(23)28)24(11-16(26)22(6)7)15-9-14(20(3,4)5)21-25(15)18(13)27/h9,12H,8,10-11H2,1-7H3. The molecule has 152 valence electrons. The Bertz CT molecular complexity index is 1010. The summed E-state index contributed by atoms with van der Waals surface area (Å²) >= 11 is 0. The minimum Gasteiger partial charge on any atom is -0.347 e. The third-order valence-corrected chi connectivity index (χ3v) is 5.45. The van der Waals surface area contributed by atoms with Gasteiger partial charge in [0.25, 0.3) is 11.5 Å². The van der Waals surface area contributed by atoms with Crippen LogP contribution in [-0.2, 0) is 23.3 Å². The molecule has 0 radical (unpaired) electrons. The van der Waals surface area contributed by atoms with Crippen LogP contribution in [0.1, 0.15) is 62.8 Å². The molecule has 1 aliphatic rings. The Morgan fingerprint density at radius 3 is 2.46 bits per heavy atom. The monoisotopic (exact) mass is 387 g/mol. The molecule has 2 amide bonds. The zero-order chi connectivity index (χ0) is 21.0. The summed E-state index contributed by atoms with van der Waals surface area (Å²) in [6.45, 7) is 10.2. The van der Waals surface area contributed by atoms with E-state index in [-0.39, 0.29) is 41.9 Å². The smallest absolute Gasteiger partial charge is 0.280 e. The number of aromatic nitrogens is 3. The molecule has 0 fully saturated rings. The van der Waals surface area contributed by atoms with Crippen LogP contribution in [0.15, 0.2) is 10.9 Å². The summed E-state index contributed by atoms with van der Waals surface area (Å²) in [5.74, 6) is -0.352. The van der Waals surface area contributed by atoms with Gasteiger partial charge in [0.15, 0.2) is 0 Å². The van der Waals surface area contributed by atoms with E-state index in [1.165, 1.54) is 9.42 Å². The zero-order valence-electron chi connectivity index (χ0n) is 17.7. The van der Waals surface area contributed by atoms with Crippen LogP contribution >= 0.6 is 0 Å². The van der Waals surface area contributed by atoms with Gasteiger partial charge in [-0.1, -0.05) is 27.7 Å². The van der Waals surface area contributed by atoms with Gasteiger partial charge in [-0.2, -0.15) is 9.61 Å². The van der Waals surface area contributed by atoms with Crippen LogP contribution in [0.25, 0.3) is 5.65 Å². The van der Waals surface area contributed by atoms with Crippen LogP contribution in [0.3, 0.4) is 0 Å². The summed E-state index contributed by atoms with van der Waals surface area (Å²) in [6, 6.07) is 1.82. The van der Waals surface area contributed by atoms with Gasteiger partial charge in [0.1, 0.15) is 17.9 Å². The molecule has 1 unspecified atom stereocenters. The lowest BCUT2D eigenvalue weighted by molar-refractivity contribution is -0.129. The van der Waals surface area contributed by atoms with Gasteiger partial charge in [0.05, 0.1) is 17.8 Å². The van der Waals surface area contributed by atoms with Gasteiger partial charge in [-0.15, -0.1) is 0 Å². The number of fused-ring (bicyclic) bond motifs is 2. The van der Waals surface area contributed by atoms with Crippen molar-refractivity contribution in [3.05, 3.63) is 33.4 Å². The van der Waals surface area contributed by atoms with E-state index in [0.29, 0.717) is 16.9 Å². The molecule has 0 spiro atoms. The molecule has 0 bridgehead atoms. The maximum Gasteiger partial charge on any atom is 0.280 e. The average molecular weight is 387 g/mol. The Balaban J connectivity index is 2.30. The quantitative estimate of drug-likeness (QED) is 0.799. The molecule has 0 saturated heterocycles. The van der Waals surface area contributed by atoms with Crippen molar-refractivity contribution in [3.63, 3.8) is 0 Å². The normalized spacial score (nSPS) is 15.2. The first-order chi connectivity index (χ1) is 13.0. The van der Waals surface area contributed by atoms with E-state index in [9.17, 15) is 14.4 Å². The minimum absolute atomic E-state index is 0.00904. The summed E-state index contributed by atoms with van der Waals surface area (Å²) in [4.78, 5) is 42.0. The van der Waals surface area contributed by atoms with Crippen molar-refractivity contribution in [1.82, 2.24) is 24.0 Å². The number of carbonyl (C=O) groups excluding carboxylic acids is 2. The van der Waals surface area contributed by atoms with Crippen molar-refractivity contribution in [2.75, 3.05) is 14.1 Å². The largest absolute Gasteiger partial charge is 0.347 e. The predicted molar refractivity (Wildman–Crippen MR) is 106 cm³/mol. The molecule has 1 atom stereocenters. The first kappa shape index (κ1) is 20.1. The highest BCUT2D eigenvalue weighted by Crippen LogP contribution is 2.27. The molecule has 0 aromatic carbocycles. The second-order valence-electron chi connectivity index (χ2n) is 8.75. The van der Waals surface area contributed by atoms with Gasteiger partial charge in [-0.3, -0.25) is 14.4 Å². The molecule has 3 rings (SSSR count). The average Bonchev–Trinajstić information content (AvgIpc) is 3.20. The number of hydrogen-bond acceptors (Lipinski definition) is 4. The number of nitrogens with zero attached hydrogens (tertiary/aromatic N) is 5. The zero-order valence-corrected chi connectivity index (χ0v) is 17.7. The Morgan fingerprint density at radius 2 is 1.93 bits per heavy atom. The van der Waals surface area contributed by atoms with Gasteiger partial charge in [0, 0.05) is 31.6 Å². The van der Waals surface area contributed by atoms with E-state index in [1.807, 2.05) is 40.7 Å².